The van der Waals surface area contributed by atoms with Crippen LogP contribution in [0.3, 0.4) is 0 Å². The van der Waals surface area contributed by atoms with Crippen molar-refractivity contribution in [2.45, 2.75) is 43.9 Å². The maximum absolute atomic E-state index is 12.7. The van der Waals surface area contributed by atoms with Crippen LogP contribution in [0.2, 0.25) is 0 Å². The van der Waals surface area contributed by atoms with Gasteiger partial charge < -0.3 is 9.73 Å². The number of benzene rings is 2. The highest BCUT2D eigenvalue weighted by molar-refractivity contribution is 7.89. The second kappa shape index (κ2) is 9.67. The summed E-state index contributed by atoms with van der Waals surface area (Å²) in [5, 5.41) is 2.80. The maximum atomic E-state index is 12.7. The summed E-state index contributed by atoms with van der Waals surface area (Å²) in [5.41, 5.74) is 2.67. The second-order valence-electron chi connectivity index (χ2n) is 8.02. The van der Waals surface area contributed by atoms with Crippen LogP contribution in [0, 0.1) is 6.92 Å². The van der Waals surface area contributed by atoms with E-state index in [4.69, 9.17) is 4.42 Å². The number of hydrogen-bond donors (Lipinski definition) is 1. The van der Waals surface area contributed by atoms with E-state index < -0.39 is 10.0 Å². The van der Waals surface area contributed by atoms with Gasteiger partial charge in [0.05, 0.1) is 11.1 Å². The summed E-state index contributed by atoms with van der Waals surface area (Å²) in [4.78, 5) is 16.8. The lowest BCUT2D eigenvalue weighted by atomic mass is 10.1. The molecule has 8 heteroatoms. The highest BCUT2D eigenvalue weighted by Crippen LogP contribution is 2.23. The molecule has 1 N–H and O–H groups in total. The summed E-state index contributed by atoms with van der Waals surface area (Å²) in [7, 11) is -3.48. The van der Waals surface area contributed by atoms with Gasteiger partial charge in [-0.1, -0.05) is 36.2 Å². The van der Waals surface area contributed by atoms with E-state index in [1.165, 1.54) is 9.87 Å². The number of nitrogens with zero attached hydrogens (tertiary/aromatic N) is 2. The lowest BCUT2D eigenvalue weighted by Crippen LogP contribution is -2.35. The van der Waals surface area contributed by atoms with Gasteiger partial charge in [-0.25, -0.2) is 13.4 Å². The number of piperidine rings is 1. The van der Waals surface area contributed by atoms with E-state index in [0.717, 1.165) is 24.8 Å². The number of sulfonamides is 1. The molecule has 0 bridgehead atoms. The molecule has 1 aliphatic rings. The van der Waals surface area contributed by atoms with Crippen molar-refractivity contribution < 1.29 is 17.6 Å². The number of carbonyl (C=O) groups excluding carboxylic acids is 1. The minimum absolute atomic E-state index is 0.188. The molecule has 168 valence electrons. The Bertz CT molecular complexity index is 1160. The molecular formula is C24H27N3O4S. The van der Waals surface area contributed by atoms with Crippen LogP contribution < -0.4 is 5.32 Å². The fourth-order valence-electron chi connectivity index (χ4n) is 3.69. The minimum Gasteiger partial charge on any atom is -0.441 e. The molecule has 4 rings (SSSR count). The maximum Gasteiger partial charge on any atom is 0.243 e. The van der Waals surface area contributed by atoms with Crippen LogP contribution in [0.5, 0.6) is 0 Å². The minimum atomic E-state index is -3.48. The number of oxazole rings is 1. The molecule has 7 nitrogen and oxygen atoms in total. The highest BCUT2D eigenvalue weighted by atomic mass is 32.2. The zero-order chi connectivity index (χ0) is 22.6. The molecule has 0 aliphatic carbocycles. The SMILES string of the molecule is Cc1ccc(-c2cnc(CCC(=O)Nc3ccc(S(=O)(=O)N4CCCCC4)cc3)o2)cc1. The summed E-state index contributed by atoms with van der Waals surface area (Å²) < 4.78 is 32.7. The fraction of sp³-hybridized carbons (Fsp3) is 0.333. The Balaban J connectivity index is 1.31. The Morgan fingerprint density at radius 2 is 1.72 bits per heavy atom. The van der Waals surface area contributed by atoms with E-state index in [1.807, 2.05) is 31.2 Å². The Kier molecular flexibility index (Phi) is 6.72. The number of rotatable bonds is 7. The molecule has 0 saturated carbocycles. The molecule has 1 fully saturated rings. The quantitative estimate of drug-likeness (QED) is 0.573. The van der Waals surface area contributed by atoms with Gasteiger partial charge in [-0.2, -0.15) is 4.31 Å². The number of amides is 1. The zero-order valence-corrected chi connectivity index (χ0v) is 18.9. The molecule has 3 aromatic rings. The van der Waals surface area contributed by atoms with Gasteiger partial charge in [0.25, 0.3) is 0 Å². The molecule has 1 aromatic heterocycles. The fourth-order valence-corrected chi connectivity index (χ4v) is 5.20. The van der Waals surface area contributed by atoms with Gasteiger partial charge in [0, 0.05) is 37.2 Å². The van der Waals surface area contributed by atoms with Crippen LogP contribution >= 0.6 is 0 Å². The molecule has 2 heterocycles. The van der Waals surface area contributed by atoms with Crippen molar-refractivity contribution in [2.75, 3.05) is 18.4 Å². The number of aryl methyl sites for hydroxylation is 2. The predicted octanol–water partition coefficient (Wildman–Crippen LogP) is 4.40. The van der Waals surface area contributed by atoms with E-state index in [-0.39, 0.29) is 17.2 Å². The van der Waals surface area contributed by atoms with Gasteiger partial charge in [0.2, 0.25) is 15.9 Å². The molecule has 1 aliphatic heterocycles. The lowest BCUT2D eigenvalue weighted by molar-refractivity contribution is -0.116. The molecule has 2 aromatic carbocycles. The first kappa shape index (κ1) is 22.2. The third kappa shape index (κ3) is 5.26. The predicted molar refractivity (Wildman–Crippen MR) is 123 cm³/mol. The summed E-state index contributed by atoms with van der Waals surface area (Å²) in [6, 6.07) is 14.3. The topological polar surface area (TPSA) is 92.5 Å². The van der Waals surface area contributed by atoms with E-state index in [1.54, 1.807) is 30.5 Å². The first-order chi connectivity index (χ1) is 15.4. The van der Waals surface area contributed by atoms with Crippen LogP contribution in [0.15, 0.2) is 64.0 Å². The van der Waals surface area contributed by atoms with Crippen LogP contribution in [-0.4, -0.2) is 36.7 Å². The van der Waals surface area contributed by atoms with Crippen molar-refractivity contribution in [2.24, 2.45) is 0 Å². The van der Waals surface area contributed by atoms with Gasteiger partial charge in [0.15, 0.2) is 11.7 Å². The smallest absolute Gasteiger partial charge is 0.243 e. The Labute approximate surface area is 188 Å². The van der Waals surface area contributed by atoms with Gasteiger partial charge in [-0.15, -0.1) is 0 Å². The number of carbonyl (C=O) groups is 1. The lowest BCUT2D eigenvalue weighted by Gasteiger charge is -2.25. The van der Waals surface area contributed by atoms with Crippen LogP contribution in [0.4, 0.5) is 5.69 Å². The molecule has 0 spiro atoms. The van der Waals surface area contributed by atoms with Crippen molar-refractivity contribution in [3.8, 4) is 11.3 Å². The largest absolute Gasteiger partial charge is 0.441 e. The molecular weight excluding hydrogens is 426 g/mol. The Morgan fingerprint density at radius 1 is 1.03 bits per heavy atom. The molecule has 0 unspecified atom stereocenters. The summed E-state index contributed by atoms with van der Waals surface area (Å²) in [6.45, 7) is 3.15. The van der Waals surface area contributed by atoms with E-state index >= 15 is 0 Å². The first-order valence-corrected chi connectivity index (χ1v) is 12.3. The van der Waals surface area contributed by atoms with E-state index in [9.17, 15) is 13.2 Å². The normalized spacial score (nSPS) is 14.9. The average Bonchev–Trinajstić information content (AvgIpc) is 3.28. The van der Waals surface area contributed by atoms with Crippen molar-refractivity contribution in [1.82, 2.24) is 9.29 Å². The van der Waals surface area contributed by atoms with Gasteiger partial charge in [-0.3, -0.25) is 4.79 Å². The Hall–Kier alpha value is -2.97. The van der Waals surface area contributed by atoms with E-state index in [0.29, 0.717) is 36.8 Å². The number of anilines is 1. The third-order valence-corrected chi connectivity index (χ3v) is 7.46. The van der Waals surface area contributed by atoms with Crippen molar-refractivity contribution in [3.63, 3.8) is 0 Å². The third-order valence-electron chi connectivity index (χ3n) is 5.55. The highest BCUT2D eigenvalue weighted by Gasteiger charge is 2.25. The van der Waals surface area contributed by atoms with Gasteiger partial charge in [0.1, 0.15) is 0 Å². The molecule has 1 amide bonds. The second-order valence-corrected chi connectivity index (χ2v) is 9.96. The molecule has 1 saturated heterocycles. The Morgan fingerprint density at radius 3 is 2.41 bits per heavy atom. The van der Waals surface area contributed by atoms with Crippen LogP contribution in [0.1, 0.15) is 37.1 Å². The monoisotopic (exact) mass is 453 g/mol. The van der Waals surface area contributed by atoms with E-state index in [2.05, 4.69) is 10.3 Å². The van der Waals surface area contributed by atoms with Crippen LogP contribution in [0.25, 0.3) is 11.3 Å². The molecule has 32 heavy (non-hydrogen) atoms. The van der Waals surface area contributed by atoms with Crippen LogP contribution in [-0.2, 0) is 21.2 Å². The zero-order valence-electron chi connectivity index (χ0n) is 18.1. The van der Waals surface area contributed by atoms with Gasteiger partial charge in [-0.05, 0) is 44.0 Å². The summed E-state index contributed by atoms with van der Waals surface area (Å²) in [6.07, 6.45) is 5.10. The number of aromatic nitrogens is 1. The molecule has 0 radical (unpaired) electrons. The van der Waals surface area contributed by atoms with Crippen molar-refractivity contribution in [3.05, 3.63) is 66.2 Å². The summed E-state index contributed by atoms with van der Waals surface area (Å²) in [5.74, 6) is 0.983. The average molecular weight is 454 g/mol. The standard InChI is InChI=1S/C24H27N3O4S/c1-18-5-7-19(8-6-18)22-17-25-24(31-22)14-13-23(28)26-20-9-11-21(12-10-20)32(29,30)27-15-3-2-4-16-27/h5-12,17H,2-4,13-16H2,1H3,(H,26,28). The number of hydrogen-bond acceptors (Lipinski definition) is 5. The first-order valence-electron chi connectivity index (χ1n) is 10.8. The summed E-state index contributed by atoms with van der Waals surface area (Å²) >= 11 is 0. The number of nitrogens with one attached hydrogen (secondary N) is 1. The van der Waals surface area contributed by atoms with Crippen molar-refractivity contribution >= 4 is 21.6 Å². The van der Waals surface area contributed by atoms with Gasteiger partial charge >= 0.3 is 0 Å². The molecule has 0 atom stereocenters. The van der Waals surface area contributed by atoms with Crippen molar-refractivity contribution in [1.29, 1.82) is 0 Å².